The molecule has 0 aromatic heterocycles. The Hall–Kier alpha value is -1.06. The van der Waals surface area contributed by atoms with Gasteiger partial charge in [0, 0.05) is 6.54 Å². The van der Waals surface area contributed by atoms with Crippen molar-refractivity contribution in [3.05, 3.63) is 0 Å². The molecular weight excluding hydrogens is 252 g/mol. The molecule has 114 valence electrons. The third-order valence-corrected chi connectivity index (χ3v) is 4.44. The minimum Gasteiger partial charge on any atom is -0.342 e. The molecule has 1 aliphatic heterocycles. The van der Waals surface area contributed by atoms with E-state index in [2.05, 4.69) is 26.1 Å². The molecule has 1 saturated heterocycles. The molecule has 1 saturated carbocycles. The fraction of sp³-hybridized carbons (Fsp3) is 0.875. The summed E-state index contributed by atoms with van der Waals surface area (Å²) in [6, 6.07) is -0.494. The molecule has 0 spiro atoms. The lowest BCUT2D eigenvalue weighted by Gasteiger charge is -2.40. The summed E-state index contributed by atoms with van der Waals surface area (Å²) in [6.45, 7) is 7.14. The molecule has 1 aliphatic carbocycles. The first-order valence-electron chi connectivity index (χ1n) is 8.19. The second-order valence-electron chi connectivity index (χ2n) is 6.52. The van der Waals surface area contributed by atoms with Gasteiger partial charge in [-0.2, -0.15) is 0 Å². The predicted octanol–water partition coefficient (Wildman–Crippen LogP) is 2.33. The topological polar surface area (TPSA) is 49.4 Å². The first-order valence-corrected chi connectivity index (χ1v) is 8.19. The molecule has 2 rings (SSSR count). The third-order valence-electron chi connectivity index (χ3n) is 4.44. The molecule has 0 bridgehead atoms. The largest absolute Gasteiger partial charge is 0.342 e. The minimum atomic E-state index is -0.295. The van der Waals surface area contributed by atoms with E-state index in [1.54, 1.807) is 0 Å². The number of carbonyl (C=O) groups excluding carboxylic acids is 2. The standard InChI is InChI=1S/C16H28N2O2/c1-4-6-11(3)10-18-14(12-8-9-12)15(19)17-13(7-5-2)16(18)20/h11-14H,4-10H2,1-3H3,(H,17,19). The molecule has 4 heteroatoms. The molecule has 0 aromatic carbocycles. The molecule has 4 nitrogen and oxygen atoms in total. The molecule has 1 N–H and O–H groups in total. The van der Waals surface area contributed by atoms with Gasteiger partial charge in [-0.1, -0.05) is 33.6 Å². The zero-order chi connectivity index (χ0) is 14.7. The smallest absolute Gasteiger partial charge is 0.245 e. The molecule has 2 fully saturated rings. The SMILES string of the molecule is CCCC(C)CN1C(=O)C(CCC)NC(=O)C1C1CC1. The molecule has 0 radical (unpaired) electrons. The molecule has 3 atom stereocenters. The van der Waals surface area contributed by atoms with Crippen LogP contribution in [0.4, 0.5) is 0 Å². The lowest BCUT2D eigenvalue weighted by molar-refractivity contribution is -0.151. The fourth-order valence-corrected chi connectivity index (χ4v) is 3.29. The van der Waals surface area contributed by atoms with Crippen LogP contribution in [0.2, 0.25) is 0 Å². The molecule has 3 unspecified atom stereocenters. The quantitative estimate of drug-likeness (QED) is 0.778. The van der Waals surface area contributed by atoms with Gasteiger partial charge in [0.1, 0.15) is 12.1 Å². The highest BCUT2D eigenvalue weighted by atomic mass is 16.2. The van der Waals surface area contributed by atoms with E-state index in [9.17, 15) is 9.59 Å². The van der Waals surface area contributed by atoms with Crippen LogP contribution in [0.1, 0.15) is 59.3 Å². The van der Waals surface area contributed by atoms with Gasteiger partial charge in [-0.15, -0.1) is 0 Å². The molecule has 0 aromatic rings. The number of nitrogens with zero attached hydrogens (tertiary/aromatic N) is 1. The van der Waals surface area contributed by atoms with E-state index in [1.807, 2.05) is 4.90 Å². The summed E-state index contributed by atoms with van der Waals surface area (Å²) in [5.41, 5.74) is 0. The Morgan fingerprint density at radius 2 is 1.95 bits per heavy atom. The number of carbonyl (C=O) groups is 2. The van der Waals surface area contributed by atoms with Crippen LogP contribution in [-0.2, 0) is 9.59 Å². The van der Waals surface area contributed by atoms with Gasteiger partial charge >= 0.3 is 0 Å². The van der Waals surface area contributed by atoms with Crippen molar-refractivity contribution in [3.63, 3.8) is 0 Å². The Kier molecular flexibility index (Phi) is 5.06. The summed E-state index contributed by atoms with van der Waals surface area (Å²) < 4.78 is 0. The van der Waals surface area contributed by atoms with Crippen molar-refractivity contribution in [2.75, 3.05) is 6.54 Å². The third kappa shape index (κ3) is 3.33. The zero-order valence-electron chi connectivity index (χ0n) is 13.0. The van der Waals surface area contributed by atoms with E-state index in [0.29, 0.717) is 11.8 Å². The molecular formula is C16H28N2O2. The van der Waals surface area contributed by atoms with Crippen molar-refractivity contribution in [1.29, 1.82) is 0 Å². The van der Waals surface area contributed by atoms with Crippen LogP contribution in [0, 0.1) is 11.8 Å². The fourth-order valence-electron chi connectivity index (χ4n) is 3.29. The maximum atomic E-state index is 12.7. The van der Waals surface area contributed by atoms with Gasteiger partial charge in [-0.3, -0.25) is 9.59 Å². The molecule has 20 heavy (non-hydrogen) atoms. The number of rotatable bonds is 7. The maximum absolute atomic E-state index is 12.7. The highest BCUT2D eigenvalue weighted by molar-refractivity contribution is 5.97. The van der Waals surface area contributed by atoms with Gasteiger partial charge < -0.3 is 10.2 Å². The van der Waals surface area contributed by atoms with Crippen molar-refractivity contribution < 1.29 is 9.59 Å². The monoisotopic (exact) mass is 280 g/mol. The van der Waals surface area contributed by atoms with Crippen LogP contribution in [0.25, 0.3) is 0 Å². The van der Waals surface area contributed by atoms with Crippen LogP contribution < -0.4 is 5.32 Å². The average molecular weight is 280 g/mol. The van der Waals surface area contributed by atoms with Crippen molar-refractivity contribution in [3.8, 4) is 0 Å². The van der Waals surface area contributed by atoms with E-state index in [-0.39, 0.29) is 23.9 Å². The number of amides is 2. The Morgan fingerprint density at radius 3 is 2.50 bits per heavy atom. The first-order chi connectivity index (χ1) is 9.58. The number of hydrogen-bond acceptors (Lipinski definition) is 2. The summed E-state index contributed by atoms with van der Waals surface area (Å²) in [7, 11) is 0. The summed E-state index contributed by atoms with van der Waals surface area (Å²) in [6.07, 6.45) is 6.08. The maximum Gasteiger partial charge on any atom is 0.245 e. The highest BCUT2D eigenvalue weighted by Gasteiger charge is 2.47. The second-order valence-corrected chi connectivity index (χ2v) is 6.52. The molecule has 2 amide bonds. The van der Waals surface area contributed by atoms with Gasteiger partial charge in [0.25, 0.3) is 0 Å². The number of hydrogen-bond donors (Lipinski definition) is 1. The zero-order valence-corrected chi connectivity index (χ0v) is 13.0. The Bertz CT molecular complexity index is 365. The van der Waals surface area contributed by atoms with Gasteiger partial charge in [-0.05, 0) is 37.5 Å². The minimum absolute atomic E-state index is 0.0780. The summed E-state index contributed by atoms with van der Waals surface area (Å²) in [5, 5.41) is 2.94. The van der Waals surface area contributed by atoms with Crippen molar-refractivity contribution in [2.24, 2.45) is 11.8 Å². The number of piperazine rings is 1. The Balaban J connectivity index is 2.10. The van der Waals surface area contributed by atoms with E-state index in [1.165, 1.54) is 0 Å². The van der Waals surface area contributed by atoms with Crippen LogP contribution >= 0.6 is 0 Å². The molecule has 1 heterocycles. The van der Waals surface area contributed by atoms with E-state index < -0.39 is 0 Å². The van der Waals surface area contributed by atoms with Gasteiger partial charge in [0.05, 0.1) is 0 Å². The normalized spacial score (nSPS) is 28.4. The van der Waals surface area contributed by atoms with E-state index in [0.717, 1.165) is 45.1 Å². The predicted molar refractivity (Wildman–Crippen MR) is 79.1 cm³/mol. The lowest BCUT2D eigenvalue weighted by Crippen LogP contribution is -2.64. The summed E-state index contributed by atoms with van der Waals surface area (Å²) in [4.78, 5) is 26.9. The summed E-state index contributed by atoms with van der Waals surface area (Å²) in [5.74, 6) is 1.09. The first kappa shape index (κ1) is 15.3. The van der Waals surface area contributed by atoms with Crippen molar-refractivity contribution in [2.45, 2.75) is 71.4 Å². The van der Waals surface area contributed by atoms with Crippen LogP contribution in [0.15, 0.2) is 0 Å². The van der Waals surface area contributed by atoms with Crippen LogP contribution in [0.3, 0.4) is 0 Å². The van der Waals surface area contributed by atoms with E-state index >= 15 is 0 Å². The lowest BCUT2D eigenvalue weighted by atomic mass is 9.97. The van der Waals surface area contributed by atoms with Crippen molar-refractivity contribution in [1.82, 2.24) is 10.2 Å². The Morgan fingerprint density at radius 1 is 1.25 bits per heavy atom. The van der Waals surface area contributed by atoms with Crippen LogP contribution in [0.5, 0.6) is 0 Å². The average Bonchev–Trinajstić information content (AvgIpc) is 3.20. The van der Waals surface area contributed by atoms with Crippen molar-refractivity contribution >= 4 is 11.8 Å². The summed E-state index contributed by atoms with van der Waals surface area (Å²) >= 11 is 0. The van der Waals surface area contributed by atoms with Gasteiger partial charge in [0.2, 0.25) is 11.8 Å². The van der Waals surface area contributed by atoms with E-state index in [4.69, 9.17) is 0 Å². The van der Waals surface area contributed by atoms with Gasteiger partial charge in [0.15, 0.2) is 0 Å². The molecule has 2 aliphatic rings. The van der Waals surface area contributed by atoms with Gasteiger partial charge in [-0.25, -0.2) is 0 Å². The highest BCUT2D eigenvalue weighted by Crippen LogP contribution is 2.37. The Labute approximate surface area is 122 Å². The second kappa shape index (κ2) is 6.59. The number of nitrogens with one attached hydrogen (secondary N) is 1. The van der Waals surface area contributed by atoms with Crippen LogP contribution in [-0.4, -0.2) is 35.3 Å².